The lowest BCUT2D eigenvalue weighted by Gasteiger charge is -2.34. The van der Waals surface area contributed by atoms with Crippen LogP contribution in [0, 0.1) is 11.2 Å². The molecule has 4 rings (SSSR count). The lowest BCUT2D eigenvalue weighted by atomic mass is 9.92. The van der Waals surface area contributed by atoms with Crippen molar-refractivity contribution in [3.63, 3.8) is 0 Å². The number of esters is 1. The minimum absolute atomic E-state index is 0.0863. The van der Waals surface area contributed by atoms with Crippen LogP contribution in [0.1, 0.15) is 19.0 Å². The van der Waals surface area contributed by atoms with Crippen molar-refractivity contribution in [2.75, 3.05) is 52.3 Å². The third-order valence-electron chi connectivity index (χ3n) is 5.75. The first-order chi connectivity index (χ1) is 17.8. The van der Waals surface area contributed by atoms with Gasteiger partial charge in [0.15, 0.2) is 5.82 Å². The van der Waals surface area contributed by atoms with Crippen LogP contribution in [0.25, 0.3) is 22.6 Å². The molecule has 37 heavy (non-hydrogen) atoms. The Labute approximate surface area is 214 Å². The maximum Gasteiger partial charge on any atom is 0.316 e. The SMILES string of the molecule is C=CCOC(=O)C1(C)COC(c2nc(-c3ccc(F)cc3)c(-c3ccnc(NCCN(C)C)n3)[nH]2)OC1. The van der Waals surface area contributed by atoms with E-state index < -0.39 is 17.7 Å². The van der Waals surface area contributed by atoms with Gasteiger partial charge in [0, 0.05) is 24.8 Å². The number of nitrogens with zero attached hydrogens (tertiary/aromatic N) is 4. The zero-order chi connectivity index (χ0) is 26.4. The molecule has 0 spiro atoms. The summed E-state index contributed by atoms with van der Waals surface area (Å²) in [6.45, 7) is 7.06. The van der Waals surface area contributed by atoms with E-state index in [4.69, 9.17) is 19.2 Å². The van der Waals surface area contributed by atoms with Gasteiger partial charge in [-0.3, -0.25) is 4.79 Å². The van der Waals surface area contributed by atoms with E-state index in [9.17, 15) is 9.18 Å². The van der Waals surface area contributed by atoms with Gasteiger partial charge in [-0.05, 0) is 51.4 Å². The van der Waals surface area contributed by atoms with E-state index in [-0.39, 0.29) is 25.6 Å². The van der Waals surface area contributed by atoms with Crippen LogP contribution in [0.4, 0.5) is 10.3 Å². The molecule has 196 valence electrons. The van der Waals surface area contributed by atoms with E-state index in [2.05, 4.69) is 31.7 Å². The Bertz CT molecular complexity index is 1220. The third kappa shape index (κ3) is 6.37. The molecule has 3 aromatic rings. The Morgan fingerprint density at radius 1 is 1.27 bits per heavy atom. The molecule has 0 bridgehead atoms. The maximum absolute atomic E-state index is 13.6. The Balaban J connectivity index is 1.60. The van der Waals surface area contributed by atoms with Crippen molar-refractivity contribution in [2.45, 2.75) is 13.2 Å². The summed E-state index contributed by atoms with van der Waals surface area (Å²) in [4.78, 5) is 31.4. The van der Waals surface area contributed by atoms with Gasteiger partial charge in [-0.25, -0.2) is 19.3 Å². The molecule has 0 aliphatic carbocycles. The number of benzene rings is 1. The summed E-state index contributed by atoms with van der Waals surface area (Å²) >= 11 is 0. The second-order valence-electron chi connectivity index (χ2n) is 9.25. The summed E-state index contributed by atoms with van der Waals surface area (Å²) in [5.41, 5.74) is 1.49. The van der Waals surface area contributed by atoms with Gasteiger partial charge < -0.3 is 29.4 Å². The summed E-state index contributed by atoms with van der Waals surface area (Å²) in [7, 11) is 3.98. The number of carbonyl (C=O) groups is 1. The molecule has 1 aliphatic heterocycles. The number of hydrogen-bond acceptors (Lipinski definition) is 9. The molecule has 2 aromatic heterocycles. The quantitative estimate of drug-likeness (QED) is 0.313. The summed E-state index contributed by atoms with van der Waals surface area (Å²) in [6.07, 6.45) is 2.32. The average Bonchev–Trinajstić information content (AvgIpc) is 3.33. The van der Waals surface area contributed by atoms with E-state index in [1.807, 2.05) is 14.1 Å². The number of aromatic nitrogens is 4. The van der Waals surface area contributed by atoms with E-state index in [1.54, 1.807) is 31.3 Å². The second kappa shape index (κ2) is 11.6. The molecule has 1 aliphatic rings. The van der Waals surface area contributed by atoms with Crippen LogP contribution < -0.4 is 5.32 Å². The normalized spacial score (nSPS) is 19.5. The zero-order valence-electron chi connectivity index (χ0n) is 21.2. The third-order valence-corrected chi connectivity index (χ3v) is 5.75. The van der Waals surface area contributed by atoms with Crippen LogP contribution in [-0.2, 0) is 19.0 Å². The van der Waals surface area contributed by atoms with E-state index in [0.717, 1.165) is 6.54 Å². The number of carbonyl (C=O) groups excluding carboxylic acids is 1. The molecule has 10 nitrogen and oxygen atoms in total. The van der Waals surface area contributed by atoms with E-state index in [0.29, 0.717) is 41.0 Å². The van der Waals surface area contributed by atoms with Gasteiger partial charge in [-0.15, -0.1) is 0 Å². The monoisotopic (exact) mass is 510 g/mol. The topological polar surface area (TPSA) is 114 Å². The van der Waals surface area contributed by atoms with Crippen molar-refractivity contribution in [3.05, 3.63) is 60.8 Å². The fourth-order valence-corrected chi connectivity index (χ4v) is 3.67. The van der Waals surface area contributed by atoms with Crippen molar-refractivity contribution in [1.29, 1.82) is 0 Å². The fraction of sp³-hybridized carbons (Fsp3) is 0.385. The number of likely N-dealkylation sites (N-methyl/N-ethyl adjacent to an activating group) is 1. The average molecular weight is 511 g/mol. The maximum atomic E-state index is 13.6. The number of nitrogens with one attached hydrogen (secondary N) is 2. The highest BCUT2D eigenvalue weighted by atomic mass is 19.1. The molecule has 1 saturated heterocycles. The number of ether oxygens (including phenoxy) is 3. The zero-order valence-corrected chi connectivity index (χ0v) is 21.2. The minimum atomic E-state index is -0.950. The molecule has 2 N–H and O–H groups in total. The lowest BCUT2D eigenvalue weighted by molar-refractivity contribution is -0.238. The number of anilines is 1. The van der Waals surface area contributed by atoms with Crippen molar-refractivity contribution in [3.8, 4) is 22.6 Å². The molecule has 1 aromatic carbocycles. The Hall–Kier alpha value is -3.67. The standard InChI is InChI=1S/C26H31FN6O4/c1-5-14-35-24(34)26(2)15-36-23(37-16-26)22-31-20(17-6-8-18(27)9-7-17)21(32-22)19-10-11-28-25(30-19)29-12-13-33(3)4/h5-11,23H,1,12-16H2,2-4H3,(H,31,32)(H,28,29,30). The largest absolute Gasteiger partial charge is 0.461 e. The van der Waals surface area contributed by atoms with Crippen molar-refractivity contribution >= 4 is 11.9 Å². The molecule has 0 radical (unpaired) electrons. The molecular weight excluding hydrogens is 479 g/mol. The summed E-state index contributed by atoms with van der Waals surface area (Å²) < 4.78 is 30.6. The first-order valence-corrected chi connectivity index (χ1v) is 11.9. The van der Waals surface area contributed by atoms with Gasteiger partial charge in [0.25, 0.3) is 0 Å². The van der Waals surface area contributed by atoms with Crippen LogP contribution in [0.5, 0.6) is 0 Å². The van der Waals surface area contributed by atoms with Gasteiger partial charge in [0.2, 0.25) is 12.2 Å². The Kier molecular flexibility index (Phi) is 8.27. The van der Waals surface area contributed by atoms with Crippen LogP contribution in [0.3, 0.4) is 0 Å². The van der Waals surface area contributed by atoms with Gasteiger partial charge in [-0.2, -0.15) is 0 Å². The smallest absolute Gasteiger partial charge is 0.316 e. The lowest BCUT2D eigenvalue weighted by Crippen LogP contribution is -2.43. The highest BCUT2D eigenvalue weighted by Gasteiger charge is 2.42. The second-order valence-corrected chi connectivity index (χ2v) is 9.25. The van der Waals surface area contributed by atoms with Crippen LogP contribution in [0.15, 0.2) is 49.2 Å². The number of halogens is 1. The fourth-order valence-electron chi connectivity index (χ4n) is 3.67. The van der Waals surface area contributed by atoms with Crippen molar-refractivity contribution in [1.82, 2.24) is 24.8 Å². The summed E-state index contributed by atoms with van der Waals surface area (Å²) in [5.74, 6) is 0.0985. The van der Waals surface area contributed by atoms with E-state index in [1.165, 1.54) is 18.2 Å². The van der Waals surface area contributed by atoms with Crippen LogP contribution in [-0.4, -0.2) is 77.8 Å². The number of aromatic amines is 1. The molecule has 3 heterocycles. The number of hydrogen-bond donors (Lipinski definition) is 2. The molecule has 0 unspecified atom stereocenters. The van der Waals surface area contributed by atoms with Crippen LogP contribution >= 0.6 is 0 Å². The number of imidazole rings is 1. The van der Waals surface area contributed by atoms with Crippen molar-refractivity contribution in [2.24, 2.45) is 5.41 Å². The molecule has 0 atom stereocenters. The molecule has 0 saturated carbocycles. The highest BCUT2D eigenvalue weighted by molar-refractivity contribution is 5.78. The Morgan fingerprint density at radius 3 is 2.68 bits per heavy atom. The minimum Gasteiger partial charge on any atom is -0.461 e. The molecular formula is C26H31FN6O4. The number of H-pyrrole nitrogens is 1. The molecule has 11 heteroatoms. The highest BCUT2D eigenvalue weighted by Crippen LogP contribution is 2.36. The van der Waals surface area contributed by atoms with Gasteiger partial charge in [-0.1, -0.05) is 12.7 Å². The molecule has 0 amide bonds. The predicted octanol–water partition coefficient (Wildman–Crippen LogP) is 3.43. The summed E-state index contributed by atoms with van der Waals surface area (Å²) in [6, 6.07) is 7.79. The Morgan fingerprint density at radius 2 is 2.00 bits per heavy atom. The van der Waals surface area contributed by atoms with Gasteiger partial charge in [0.1, 0.15) is 17.8 Å². The van der Waals surface area contributed by atoms with Crippen molar-refractivity contribution < 1.29 is 23.4 Å². The van der Waals surface area contributed by atoms with E-state index >= 15 is 0 Å². The van der Waals surface area contributed by atoms with Crippen LogP contribution in [0.2, 0.25) is 0 Å². The predicted molar refractivity (Wildman–Crippen MR) is 136 cm³/mol. The number of rotatable bonds is 10. The first kappa shape index (κ1) is 26.4. The first-order valence-electron chi connectivity index (χ1n) is 11.9. The van der Waals surface area contributed by atoms with Gasteiger partial charge in [0.05, 0.1) is 30.3 Å². The molecule has 1 fully saturated rings. The summed E-state index contributed by atoms with van der Waals surface area (Å²) in [5, 5.41) is 3.21. The van der Waals surface area contributed by atoms with Gasteiger partial charge >= 0.3 is 5.97 Å².